The number of nitrogens with one attached hydrogen (secondary N) is 1. The molecule has 2 aliphatic heterocycles. The van der Waals surface area contributed by atoms with Crippen LogP contribution >= 0.6 is 0 Å². The Labute approximate surface area is 165 Å². The van der Waals surface area contributed by atoms with E-state index in [0.717, 1.165) is 25.6 Å². The highest BCUT2D eigenvalue weighted by molar-refractivity contribution is 5.80. The molecule has 2 heterocycles. The van der Waals surface area contributed by atoms with Gasteiger partial charge in [-0.15, -0.1) is 0 Å². The molecule has 0 spiro atoms. The van der Waals surface area contributed by atoms with E-state index in [1.165, 1.54) is 38.2 Å². The summed E-state index contributed by atoms with van der Waals surface area (Å²) in [7, 11) is 4.14. The zero-order chi connectivity index (χ0) is 19.2. The molecule has 5 heteroatoms. The molecule has 0 saturated carbocycles. The third-order valence-corrected chi connectivity index (χ3v) is 6.22. The lowest BCUT2D eigenvalue weighted by Gasteiger charge is -2.40. The van der Waals surface area contributed by atoms with E-state index in [4.69, 9.17) is 0 Å². The molecule has 1 aromatic rings. The third-order valence-electron chi connectivity index (χ3n) is 6.22. The molecule has 0 aliphatic carbocycles. The van der Waals surface area contributed by atoms with Crippen LogP contribution in [0.3, 0.4) is 0 Å². The first-order valence-electron chi connectivity index (χ1n) is 10.5. The number of aliphatic imine (C=N–C) groups is 1. The highest BCUT2D eigenvalue weighted by atomic mass is 15.3. The predicted octanol–water partition coefficient (Wildman–Crippen LogP) is 2.32. The lowest BCUT2D eigenvalue weighted by atomic mass is 9.99. The summed E-state index contributed by atoms with van der Waals surface area (Å²) in [5.41, 5.74) is 1.45. The molecule has 1 N–H and O–H groups in total. The minimum atomic E-state index is 0.558. The van der Waals surface area contributed by atoms with Crippen LogP contribution in [0.15, 0.2) is 35.3 Å². The molecule has 150 valence electrons. The summed E-state index contributed by atoms with van der Waals surface area (Å²) in [6.07, 6.45) is 1.21. The number of hydrogen-bond donors (Lipinski definition) is 1. The van der Waals surface area contributed by atoms with Crippen molar-refractivity contribution in [3.63, 3.8) is 0 Å². The highest BCUT2D eigenvalue weighted by Crippen LogP contribution is 2.26. The Morgan fingerprint density at radius 3 is 2.44 bits per heavy atom. The zero-order valence-electron chi connectivity index (χ0n) is 17.6. The molecule has 2 atom stereocenters. The summed E-state index contributed by atoms with van der Waals surface area (Å²) in [6.45, 7) is 12.5. The van der Waals surface area contributed by atoms with Crippen molar-refractivity contribution in [3.05, 3.63) is 35.9 Å². The fourth-order valence-corrected chi connectivity index (χ4v) is 4.42. The standard InChI is InChI=1S/C22H37N5/c1-18(2)21(26-14-12-25(4)13-15-26)16-24-22(23-3)27-11-10-20(17-27)19-8-6-5-7-9-19/h5-9,18,20-21H,10-17H2,1-4H3,(H,23,24). The van der Waals surface area contributed by atoms with Crippen molar-refractivity contribution in [2.24, 2.45) is 10.9 Å². The summed E-state index contributed by atoms with van der Waals surface area (Å²) in [5.74, 6) is 2.31. The van der Waals surface area contributed by atoms with Gasteiger partial charge in [0.15, 0.2) is 5.96 Å². The largest absolute Gasteiger partial charge is 0.355 e. The first-order valence-corrected chi connectivity index (χ1v) is 10.5. The van der Waals surface area contributed by atoms with Crippen molar-refractivity contribution in [1.82, 2.24) is 20.0 Å². The van der Waals surface area contributed by atoms with Crippen LogP contribution in [-0.2, 0) is 0 Å². The number of rotatable bonds is 5. The Balaban J connectivity index is 1.55. The second-order valence-electron chi connectivity index (χ2n) is 8.42. The summed E-state index contributed by atoms with van der Waals surface area (Å²) >= 11 is 0. The van der Waals surface area contributed by atoms with Gasteiger partial charge in [0.05, 0.1) is 0 Å². The SMILES string of the molecule is CN=C(NCC(C(C)C)N1CCN(C)CC1)N1CCC(c2ccccc2)C1. The van der Waals surface area contributed by atoms with E-state index in [0.29, 0.717) is 17.9 Å². The van der Waals surface area contributed by atoms with Gasteiger partial charge in [0.2, 0.25) is 0 Å². The molecule has 0 bridgehead atoms. The molecule has 2 aliphatic rings. The minimum Gasteiger partial charge on any atom is -0.355 e. The Bertz CT molecular complexity index is 592. The van der Waals surface area contributed by atoms with E-state index < -0.39 is 0 Å². The van der Waals surface area contributed by atoms with Crippen LogP contribution in [-0.4, -0.2) is 86.6 Å². The normalized spacial score (nSPS) is 23.8. The van der Waals surface area contributed by atoms with E-state index in [1.807, 2.05) is 7.05 Å². The fourth-order valence-electron chi connectivity index (χ4n) is 4.42. The molecular formula is C22H37N5. The van der Waals surface area contributed by atoms with E-state index >= 15 is 0 Å². The molecule has 2 saturated heterocycles. The average Bonchev–Trinajstić information content (AvgIpc) is 3.17. The zero-order valence-corrected chi connectivity index (χ0v) is 17.6. The van der Waals surface area contributed by atoms with Gasteiger partial charge in [-0.1, -0.05) is 44.2 Å². The Kier molecular flexibility index (Phi) is 7.13. The van der Waals surface area contributed by atoms with Crippen molar-refractivity contribution in [3.8, 4) is 0 Å². The average molecular weight is 372 g/mol. The van der Waals surface area contributed by atoms with Gasteiger partial charge >= 0.3 is 0 Å². The van der Waals surface area contributed by atoms with Gasteiger partial charge in [0.1, 0.15) is 0 Å². The second-order valence-corrected chi connectivity index (χ2v) is 8.42. The number of likely N-dealkylation sites (tertiary alicyclic amines) is 1. The molecule has 0 aromatic heterocycles. The first-order chi connectivity index (χ1) is 13.1. The summed E-state index contributed by atoms with van der Waals surface area (Å²) in [6, 6.07) is 11.5. The third kappa shape index (κ3) is 5.23. The smallest absolute Gasteiger partial charge is 0.193 e. The number of nitrogens with zero attached hydrogens (tertiary/aromatic N) is 4. The van der Waals surface area contributed by atoms with E-state index in [2.05, 4.69) is 76.2 Å². The van der Waals surface area contributed by atoms with Gasteiger partial charge in [-0.2, -0.15) is 0 Å². The van der Waals surface area contributed by atoms with Crippen LogP contribution in [0, 0.1) is 5.92 Å². The fraction of sp³-hybridized carbons (Fsp3) is 0.682. The lowest BCUT2D eigenvalue weighted by Crippen LogP contribution is -2.55. The highest BCUT2D eigenvalue weighted by Gasteiger charge is 2.28. The molecule has 1 aromatic carbocycles. The van der Waals surface area contributed by atoms with E-state index in [1.54, 1.807) is 0 Å². The van der Waals surface area contributed by atoms with Crippen LogP contribution in [0.25, 0.3) is 0 Å². The molecule has 0 radical (unpaired) electrons. The van der Waals surface area contributed by atoms with Crippen molar-refractivity contribution in [2.45, 2.75) is 32.2 Å². The minimum absolute atomic E-state index is 0.558. The number of guanidine groups is 1. The Hall–Kier alpha value is -1.59. The number of benzene rings is 1. The first kappa shape index (κ1) is 20.2. The van der Waals surface area contributed by atoms with Crippen LogP contribution in [0.4, 0.5) is 0 Å². The molecular weight excluding hydrogens is 334 g/mol. The van der Waals surface area contributed by atoms with E-state index in [-0.39, 0.29) is 0 Å². The van der Waals surface area contributed by atoms with Crippen molar-refractivity contribution in [2.75, 3.05) is 59.9 Å². The molecule has 2 fully saturated rings. The lowest BCUT2D eigenvalue weighted by molar-refractivity contribution is 0.0897. The molecule has 5 nitrogen and oxygen atoms in total. The van der Waals surface area contributed by atoms with Crippen molar-refractivity contribution in [1.29, 1.82) is 0 Å². The van der Waals surface area contributed by atoms with Crippen LogP contribution in [0.2, 0.25) is 0 Å². The summed E-state index contributed by atoms with van der Waals surface area (Å²) in [4.78, 5) is 12.1. The van der Waals surface area contributed by atoms with Crippen LogP contribution in [0.1, 0.15) is 31.7 Å². The summed E-state index contributed by atoms with van der Waals surface area (Å²) < 4.78 is 0. The number of hydrogen-bond acceptors (Lipinski definition) is 3. The van der Waals surface area contributed by atoms with Gasteiger partial charge in [0.25, 0.3) is 0 Å². The Morgan fingerprint density at radius 1 is 1.11 bits per heavy atom. The maximum atomic E-state index is 4.59. The van der Waals surface area contributed by atoms with Gasteiger partial charge < -0.3 is 15.1 Å². The molecule has 0 amide bonds. The van der Waals surface area contributed by atoms with Gasteiger partial charge in [-0.25, -0.2) is 0 Å². The van der Waals surface area contributed by atoms with Gasteiger partial charge in [-0.3, -0.25) is 9.89 Å². The van der Waals surface area contributed by atoms with Crippen molar-refractivity contribution < 1.29 is 0 Å². The molecule has 3 rings (SSSR count). The quantitative estimate of drug-likeness (QED) is 0.636. The van der Waals surface area contributed by atoms with Crippen molar-refractivity contribution >= 4 is 5.96 Å². The maximum absolute atomic E-state index is 4.59. The predicted molar refractivity (Wildman–Crippen MR) is 114 cm³/mol. The molecule has 2 unspecified atom stereocenters. The van der Waals surface area contributed by atoms with Crippen LogP contribution in [0.5, 0.6) is 0 Å². The summed E-state index contributed by atoms with van der Waals surface area (Å²) in [5, 5.41) is 3.69. The molecule has 27 heavy (non-hydrogen) atoms. The number of piperazine rings is 1. The maximum Gasteiger partial charge on any atom is 0.193 e. The second kappa shape index (κ2) is 9.56. The topological polar surface area (TPSA) is 34.1 Å². The van der Waals surface area contributed by atoms with Gasteiger partial charge in [0, 0.05) is 64.8 Å². The Morgan fingerprint density at radius 2 is 1.81 bits per heavy atom. The van der Waals surface area contributed by atoms with E-state index in [9.17, 15) is 0 Å². The monoisotopic (exact) mass is 371 g/mol. The van der Waals surface area contributed by atoms with Gasteiger partial charge in [-0.05, 0) is 24.9 Å². The van der Waals surface area contributed by atoms with Crippen LogP contribution < -0.4 is 5.32 Å². The number of likely N-dealkylation sites (N-methyl/N-ethyl adjacent to an activating group) is 1.